The van der Waals surface area contributed by atoms with Crippen LogP contribution >= 0.6 is 0 Å². The summed E-state index contributed by atoms with van der Waals surface area (Å²) < 4.78 is 5.38. The van der Waals surface area contributed by atoms with Crippen molar-refractivity contribution < 1.29 is 14.3 Å². The van der Waals surface area contributed by atoms with Crippen LogP contribution in [-0.2, 0) is 17.8 Å². The molecule has 1 aromatic heterocycles. The molecule has 0 fully saturated rings. The Bertz CT molecular complexity index is 1060. The average molecular weight is 375 g/mol. The molecule has 0 saturated carbocycles. The van der Waals surface area contributed by atoms with Crippen molar-refractivity contribution in [1.29, 1.82) is 0 Å². The molecule has 1 atom stereocenters. The first-order chi connectivity index (χ1) is 13.6. The van der Waals surface area contributed by atoms with Crippen molar-refractivity contribution in [2.75, 3.05) is 14.2 Å². The summed E-state index contributed by atoms with van der Waals surface area (Å²) in [6.45, 7) is 0.416. The lowest BCUT2D eigenvalue weighted by molar-refractivity contribution is -0.132. The molecule has 3 aromatic rings. The van der Waals surface area contributed by atoms with Crippen LogP contribution in [0.3, 0.4) is 0 Å². The number of carbonyl (C=O) groups excluding carboxylic acids is 2. The van der Waals surface area contributed by atoms with Crippen molar-refractivity contribution in [2.24, 2.45) is 0 Å². The van der Waals surface area contributed by atoms with Crippen molar-refractivity contribution in [2.45, 2.75) is 19.0 Å². The Balaban J connectivity index is 1.56. The highest BCUT2D eigenvalue weighted by Crippen LogP contribution is 2.27. The van der Waals surface area contributed by atoms with E-state index < -0.39 is 6.04 Å². The van der Waals surface area contributed by atoms with Crippen LogP contribution in [0.1, 0.15) is 21.5 Å². The molecule has 0 aliphatic carbocycles. The van der Waals surface area contributed by atoms with Crippen molar-refractivity contribution in [3.63, 3.8) is 0 Å². The van der Waals surface area contributed by atoms with Crippen LogP contribution in [0.25, 0.3) is 10.9 Å². The highest BCUT2D eigenvalue weighted by molar-refractivity contribution is 6.00. The number of rotatable bonds is 4. The summed E-state index contributed by atoms with van der Waals surface area (Å²) in [5.41, 5.74) is 3.28. The van der Waals surface area contributed by atoms with Gasteiger partial charge >= 0.3 is 0 Å². The summed E-state index contributed by atoms with van der Waals surface area (Å²) in [7, 11) is 3.36. The van der Waals surface area contributed by atoms with Gasteiger partial charge < -0.3 is 15.0 Å². The van der Waals surface area contributed by atoms with Gasteiger partial charge in [-0.1, -0.05) is 30.3 Å². The third kappa shape index (κ3) is 3.17. The lowest BCUT2D eigenvalue weighted by Gasteiger charge is -2.29. The van der Waals surface area contributed by atoms with Gasteiger partial charge in [0.25, 0.3) is 5.91 Å². The second-order valence-corrected chi connectivity index (χ2v) is 6.91. The van der Waals surface area contributed by atoms with Gasteiger partial charge in [0.05, 0.1) is 7.11 Å². The van der Waals surface area contributed by atoms with Gasteiger partial charge in [0.15, 0.2) is 0 Å². The Morgan fingerprint density at radius 2 is 2.04 bits per heavy atom. The van der Waals surface area contributed by atoms with E-state index in [1.807, 2.05) is 42.5 Å². The molecule has 1 aliphatic rings. The van der Waals surface area contributed by atoms with Crippen molar-refractivity contribution in [3.8, 4) is 5.75 Å². The molecule has 28 heavy (non-hydrogen) atoms. The van der Waals surface area contributed by atoms with Crippen LogP contribution < -0.4 is 10.1 Å². The van der Waals surface area contributed by atoms with Crippen LogP contribution in [0.4, 0.5) is 0 Å². The van der Waals surface area contributed by atoms with Gasteiger partial charge in [-0.2, -0.15) is 0 Å². The van der Waals surface area contributed by atoms with Gasteiger partial charge in [-0.3, -0.25) is 14.6 Å². The van der Waals surface area contributed by atoms with Gasteiger partial charge in [-0.05, 0) is 29.3 Å². The number of hydrogen-bond donors (Lipinski definition) is 1. The summed E-state index contributed by atoms with van der Waals surface area (Å²) in [4.78, 5) is 31.4. The maximum absolute atomic E-state index is 13.0. The molecule has 6 heteroatoms. The molecule has 4 rings (SSSR count). The van der Waals surface area contributed by atoms with Gasteiger partial charge in [0.1, 0.15) is 17.3 Å². The molecule has 0 unspecified atom stereocenters. The molecule has 0 bridgehead atoms. The Labute approximate surface area is 163 Å². The van der Waals surface area contributed by atoms with Crippen molar-refractivity contribution in [3.05, 3.63) is 71.4 Å². The monoisotopic (exact) mass is 375 g/mol. The molecule has 2 heterocycles. The second-order valence-electron chi connectivity index (χ2n) is 6.91. The van der Waals surface area contributed by atoms with Gasteiger partial charge in [0, 0.05) is 37.2 Å². The third-order valence-electron chi connectivity index (χ3n) is 5.12. The zero-order chi connectivity index (χ0) is 19.7. The van der Waals surface area contributed by atoms with Gasteiger partial charge in [-0.15, -0.1) is 0 Å². The fraction of sp³-hybridized carbons (Fsp3) is 0.227. The number of fused-ring (bicyclic) bond motifs is 2. The first-order valence-corrected chi connectivity index (χ1v) is 9.13. The standard InChI is InChI=1S/C22H21N3O3/c1-25(13-15-9-10-19(28-2)20-16(15)8-5-11-23-20)22(27)18-12-14-6-3-4-7-17(14)21(26)24-18/h3-11,18H,12-13H2,1-2H3,(H,24,26)/t18-/m1/s1. The lowest BCUT2D eigenvalue weighted by atomic mass is 9.94. The average Bonchev–Trinajstić information content (AvgIpc) is 2.73. The third-order valence-corrected chi connectivity index (χ3v) is 5.12. The Hall–Kier alpha value is -3.41. The van der Waals surface area contributed by atoms with E-state index in [-0.39, 0.29) is 11.8 Å². The SMILES string of the molecule is COc1ccc(CN(C)C(=O)[C@H]2Cc3ccccc3C(=O)N2)c2cccnc12. The van der Waals surface area contributed by atoms with E-state index in [0.29, 0.717) is 24.3 Å². The Morgan fingerprint density at radius 1 is 1.21 bits per heavy atom. The normalized spacial score (nSPS) is 15.6. The number of nitrogens with zero attached hydrogens (tertiary/aromatic N) is 2. The molecular weight excluding hydrogens is 354 g/mol. The van der Waals surface area contributed by atoms with Crippen LogP contribution in [0.2, 0.25) is 0 Å². The molecule has 0 radical (unpaired) electrons. The zero-order valence-electron chi connectivity index (χ0n) is 15.8. The minimum atomic E-state index is -0.560. The first kappa shape index (κ1) is 18.0. The van der Waals surface area contributed by atoms with E-state index in [0.717, 1.165) is 22.0 Å². The Kier molecular flexibility index (Phi) is 4.69. The number of nitrogens with one attached hydrogen (secondary N) is 1. The topological polar surface area (TPSA) is 71.5 Å². The predicted octanol–water partition coefficient (Wildman–Crippen LogP) is 2.56. The number of hydrogen-bond acceptors (Lipinski definition) is 4. The Morgan fingerprint density at radius 3 is 2.86 bits per heavy atom. The number of pyridine rings is 1. The summed E-state index contributed by atoms with van der Waals surface area (Å²) in [6, 6.07) is 14.5. The van der Waals surface area contributed by atoms with Crippen LogP contribution in [0.15, 0.2) is 54.7 Å². The highest BCUT2D eigenvalue weighted by Gasteiger charge is 2.30. The smallest absolute Gasteiger partial charge is 0.252 e. The molecule has 2 amide bonds. The van der Waals surface area contributed by atoms with Crippen molar-refractivity contribution in [1.82, 2.24) is 15.2 Å². The summed E-state index contributed by atoms with van der Waals surface area (Å²) in [5, 5.41) is 3.78. The number of ether oxygens (including phenoxy) is 1. The number of likely N-dealkylation sites (N-methyl/N-ethyl adjacent to an activating group) is 1. The molecule has 1 aliphatic heterocycles. The summed E-state index contributed by atoms with van der Waals surface area (Å²) in [6.07, 6.45) is 2.22. The number of amides is 2. The maximum Gasteiger partial charge on any atom is 0.252 e. The van der Waals surface area contributed by atoms with E-state index in [2.05, 4.69) is 10.3 Å². The first-order valence-electron chi connectivity index (χ1n) is 9.13. The largest absolute Gasteiger partial charge is 0.494 e. The van der Waals surface area contributed by atoms with Gasteiger partial charge in [0.2, 0.25) is 5.91 Å². The molecule has 142 valence electrons. The predicted molar refractivity (Wildman–Crippen MR) is 106 cm³/mol. The van der Waals surface area contributed by atoms with E-state index in [1.54, 1.807) is 31.3 Å². The molecular formula is C22H21N3O3. The summed E-state index contributed by atoms with van der Waals surface area (Å²) >= 11 is 0. The molecule has 0 saturated heterocycles. The maximum atomic E-state index is 13.0. The highest BCUT2D eigenvalue weighted by atomic mass is 16.5. The minimum Gasteiger partial charge on any atom is -0.494 e. The zero-order valence-corrected chi connectivity index (χ0v) is 15.8. The van der Waals surface area contributed by atoms with Crippen molar-refractivity contribution >= 4 is 22.7 Å². The summed E-state index contributed by atoms with van der Waals surface area (Å²) in [5.74, 6) is 0.382. The minimum absolute atomic E-state index is 0.115. The number of carbonyl (C=O) groups is 2. The lowest BCUT2D eigenvalue weighted by Crippen LogP contribution is -2.51. The quantitative estimate of drug-likeness (QED) is 0.761. The second kappa shape index (κ2) is 7.31. The fourth-order valence-corrected chi connectivity index (χ4v) is 3.68. The number of aromatic nitrogens is 1. The molecule has 0 spiro atoms. The molecule has 6 nitrogen and oxygen atoms in total. The van der Waals surface area contributed by atoms with Crippen LogP contribution in [0, 0.1) is 0 Å². The van der Waals surface area contributed by atoms with E-state index in [4.69, 9.17) is 4.74 Å². The molecule has 1 N–H and O–H groups in total. The number of benzene rings is 2. The molecule has 2 aromatic carbocycles. The van der Waals surface area contributed by atoms with E-state index in [9.17, 15) is 9.59 Å². The fourth-order valence-electron chi connectivity index (χ4n) is 3.68. The van der Waals surface area contributed by atoms with Crippen LogP contribution in [-0.4, -0.2) is 41.9 Å². The van der Waals surface area contributed by atoms with E-state index in [1.165, 1.54) is 0 Å². The van der Waals surface area contributed by atoms with E-state index >= 15 is 0 Å². The number of methoxy groups -OCH3 is 1. The van der Waals surface area contributed by atoms with Crippen LogP contribution in [0.5, 0.6) is 5.75 Å². The van der Waals surface area contributed by atoms with Gasteiger partial charge in [-0.25, -0.2) is 0 Å².